The SMILES string of the molecule is CC1(NCc2cccnc2C#N)CCC1. The Morgan fingerprint density at radius 2 is 2.40 bits per heavy atom. The van der Waals surface area contributed by atoms with E-state index in [2.05, 4.69) is 23.3 Å². The quantitative estimate of drug-likeness (QED) is 0.813. The molecule has 0 bridgehead atoms. The second kappa shape index (κ2) is 4.00. The average molecular weight is 201 g/mol. The molecule has 0 radical (unpaired) electrons. The van der Waals surface area contributed by atoms with Gasteiger partial charge >= 0.3 is 0 Å². The van der Waals surface area contributed by atoms with E-state index < -0.39 is 0 Å². The molecule has 0 spiro atoms. The van der Waals surface area contributed by atoms with Gasteiger partial charge in [0.1, 0.15) is 11.8 Å². The van der Waals surface area contributed by atoms with Crippen molar-refractivity contribution in [3.8, 4) is 6.07 Å². The summed E-state index contributed by atoms with van der Waals surface area (Å²) in [6.45, 7) is 2.98. The van der Waals surface area contributed by atoms with Gasteiger partial charge in [0.05, 0.1) is 0 Å². The number of nitrogens with one attached hydrogen (secondary N) is 1. The van der Waals surface area contributed by atoms with Crippen molar-refractivity contribution in [2.24, 2.45) is 0 Å². The van der Waals surface area contributed by atoms with E-state index in [0.717, 1.165) is 12.1 Å². The van der Waals surface area contributed by atoms with E-state index in [0.29, 0.717) is 5.69 Å². The van der Waals surface area contributed by atoms with Gasteiger partial charge in [-0.25, -0.2) is 4.98 Å². The van der Waals surface area contributed by atoms with Gasteiger partial charge in [-0.15, -0.1) is 0 Å². The van der Waals surface area contributed by atoms with E-state index in [1.54, 1.807) is 6.20 Å². The molecule has 0 aromatic carbocycles. The summed E-state index contributed by atoms with van der Waals surface area (Å²) in [4.78, 5) is 4.04. The van der Waals surface area contributed by atoms with E-state index >= 15 is 0 Å². The Morgan fingerprint density at radius 1 is 1.60 bits per heavy atom. The molecule has 1 aromatic heterocycles. The van der Waals surface area contributed by atoms with Gasteiger partial charge in [0.25, 0.3) is 0 Å². The smallest absolute Gasteiger partial charge is 0.144 e. The van der Waals surface area contributed by atoms with Gasteiger partial charge in [-0.1, -0.05) is 6.07 Å². The Morgan fingerprint density at radius 3 is 3.00 bits per heavy atom. The molecule has 3 heteroatoms. The van der Waals surface area contributed by atoms with Crippen LogP contribution in [0.4, 0.5) is 0 Å². The number of hydrogen-bond acceptors (Lipinski definition) is 3. The van der Waals surface area contributed by atoms with Crippen molar-refractivity contribution in [3.63, 3.8) is 0 Å². The number of nitrogens with zero attached hydrogens (tertiary/aromatic N) is 2. The van der Waals surface area contributed by atoms with Crippen LogP contribution in [0.15, 0.2) is 18.3 Å². The summed E-state index contributed by atoms with van der Waals surface area (Å²) in [5.74, 6) is 0. The van der Waals surface area contributed by atoms with E-state index in [9.17, 15) is 0 Å². The lowest BCUT2D eigenvalue weighted by molar-refractivity contribution is 0.206. The normalized spacial score (nSPS) is 17.9. The van der Waals surface area contributed by atoms with Crippen molar-refractivity contribution in [1.29, 1.82) is 5.26 Å². The maximum Gasteiger partial charge on any atom is 0.144 e. The van der Waals surface area contributed by atoms with Crippen LogP contribution in [-0.2, 0) is 6.54 Å². The molecule has 0 atom stereocenters. The molecule has 0 unspecified atom stereocenters. The molecular weight excluding hydrogens is 186 g/mol. The zero-order valence-electron chi connectivity index (χ0n) is 8.95. The van der Waals surface area contributed by atoms with Crippen LogP contribution in [0.25, 0.3) is 0 Å². The minimum atomic E-state index is 0.280. The molecule has 1 N–H and O–H groups in total. The van der Waals surface area contributed by atoms with Crippen molar-refractivity contribution >= 4 is 0 Å². The van der Waals surface area contributed by atoms with Gasteiger partial charge in [0.2, 0.25) is 0 Å². The lowest BCUT2D eigenvalue weighted by atomic mass is 9.78. The molecule has 1 heterocycles. The lowest BCUT2D eigenvalue weighted by Crippen LogP contribution is -2.47. The number of pyridine rings is 1. The first-order valence-electron chi connectivity index (χ1n) is 5.32. The Hall–Kier alpha value is -1.40. The standard InChI is InChI=1S/C12H15N3/c1-12(5-3-6-12)15-9-10-4-2-7-14-11(10)8-13/h2,4,7,15H,3,5-6,9H2,1H3. The first-order valence-corrected chi connectivity index (χ1v) is 5.32. The molecule has 1 aliphatic rings. The summed E-state index contributed by atoms with van der Waals surface area (Å²) in [5, 5.41) is 12.4. The Kier molecular flexibility index (Phi) is 2.70. The predicted octanol–water partition coefficient (Wildman–Crippen LogP) is 1.99. The Balaban J connectivity index is 2.02. The molecule has 15 heavy (non-hydrogen) atoms. The molecule has 1 saturated carbocycles. The fourth-order valence-electron chi connectivity index (χ4n) is 1.87. The highest BCUT2D eigenvalue weighted by molar-refractivity contribution is 5.30. The van der Waals surface area contributed by atoms with Crippen molar-refractivity contribution < 1.29 is 0 Å². The summed E-state index contributed by atoms with van der Waals surface area (Å²) >= 11 is 0. The van der Waals surface area contributed by atoms with Crippen LogP contribution in [-0.4, -0.2) is 10.5 Å². The molecule has 1 fully saturated rings. The lowest BCUT2D eigenvalue weighted by Gasteiger charge is -2.39. The fraction of sp³-hybridized carbons (Fsp3) is 0.500. The molecule has 0 amide bonds. The first kappa shape index (κ1) is 10.1. The number of aromatic nitrogens is 1. The third kappa shape index (κ3) is 2.16. The molecular formula is C12H15N3. The molecule has 1 aromatic rings. The Bertz CT molecular complexity index is 388. The Labute approximate surface area is 90.1 Å². The molecule has 2 rings (SSSR count). The third-order valence-corrected chi connectivity index (χ3v) is 3.16. The second-order valence-electron chi connectivity index (χ2n) is 4.39. The van der Waals surface area contributed by atoms with Crippen molar-refractivity contribution in [1.82, 2.24) is 10.3 Å². The van der Waals surface area contributed by atoms with Gasteiger partial charge in [-0.3, -0.25) is 0 Å². The van der Waals surface area contributed by atoms with E-state index in [-0.39, 0.29) is 5.54 Å². The minimum Gasteiger partial charge on any atom is -0.307 e. The van der Waals surface area contributed by atoms with Gasteiger partial charge < -0.3 is 5.32 Å². The van der Waals surface area contributed by atoms with Crippen LogP contribution in [0.2, 0.25) is 0 Å². The molecule has 3 nitrogen and oxygen atoms in total. The van der Waals surface area contributed by atoms with Crippen LogP contribution < -0.4 is 5.32 Å². The van der Waals surface area contributed by atoms with Gasteiger partial charge in [0.15, 0.2) is 0 Å². The first-order chi connectivity index (χ1) is 7.23. The van der Waals surface area contributed by atoms with Crippen LogP contribution >= 0.6 is 0 Å². The number of nitriles is 1. The van der Waals surface area contributed by atoms with Crippen LogP contribution in [0.5, 0.6) is 0 Å². The van der Waals surface area contributed by atoms with Crippen LogP contribution in [0.1, 0.15) is 37.4 Å². The minimum absolute atomic E-state index is 0.280. The fourth-order valence-corrected chi connectivity index (χ4v) is 1.87. The van der Waals surface area contributed by atoms with E-state index in [1.165, 1.54) is 19.3 Å². The second-order valence-corrected chi connectivity index (χ2v) is 4.39. The maximum absolute atomic E-state index is 8.88. The van der Waals surface area contributed by atoms with Crippen molar-refractivity contribution in [3.05, 3.63) is 29.6 Å². The number of hydrogen-bond donors (Lipinski definition) is 1. The van der Waals surface area contributed by atoms with E-state index in [4.69, 9.17) is 5.26 Å². The molecule has 0 saturated heterocycles. The topological polar surface area (TPSA) is 48.7 Å². The summed E-state index contributed by atoms with van der Waals surface area (Å²) < 4.78 is 0. The summed E-state index contributed by atoms with van der Waals surface area (Å²) in [6, 6.07) is 5.95. The zero-order chi connectivity index (χ0) is 10.7. The van der Waals surface area contributed by atoms with Gasteiger partial charge in [-0.05, 0) is 32.3 Å². The summed E-state index contributed by atoms with van der Waals surface area (Å²) in [6.07, 6.45) is 5.43. The van der Waals surface area contributed by atoms with Crippen molar-refractivity contribution in [2.75, 3.05) is 0 Å². The number of rotatable bonds is 3. The highest BCUT2D eigenvalue weighted by Gasteiger charge is 2.30. The summed E-state index contributed by atoms with van der Waals surface area (Å²) in [5.41, 5.74) is 1.81. The van der Waals surface area contributed by atoms with Crippen LogP contribution in [0, 0.1) is 11.3 Å². The largest absolute Gasteiger partial charge is 0.307 e. The monoisotopic (exact) mass is 201 g/mol. The van der Waals surface area contributed by atoms with Gasteiger partial charge in [0, 0.05) is 23.8 Å². The van der Waals surface area contributed by atoms with E-state index in [1.807, 2.05) is 12.1 Å². The zero-order valence-corrected chi connectivity index (χ0v) is 8.95. The highest BCUT2D eigenvalue weighted by Crippen LogP contribution is 2.31. The van der Waals surface area contributed by atoms with Crippen molar-refractivity contribution in [2.45, 2.75) is 38.3 Å². The summed E-state index contributed by atoms with van der Waals surface area (Å²) in [7, 11) is 0. The van der Waals surface area contributed by atoms with Crippen LogP contribution in [0.3, 0.4) is 0 Å². The van der Waals surface area contributed by atoms with Gasteiger partial charge in [-0.2, -0.15) is 5.26 Å². The maximum atomic E-state index is 8.88. The molecule has 78 valence electrons. The predicted molar refractivity (Wildman–Crippen MR) is 58.0 cm³/mol. The highest BCUT2D eigenvalue weighted by atomic mass is 15.0. The third-order valence-electron chi connectivity index (χ3n) is 3.16. The molecule has 0 aliphatic heterocycles. The average Bonchev–Trinajstić information content (AvgIpc) is 2.24. The molecule has 1 aliphatic carbocycles.